The zero-order valence-electron chi connectivity index (χ0n) is 15.7. The molecule has 0 atom stereocenters. The lowest BCUT2D eigenvalue weighted by molar-refractivity contribution is -0.128. The maximum absolute atomic E-state index is 12.6. The molecule has 1 amide bonds. The molecule has 0 radical (unpaired) electrons. The molecule has 1 aromatic rings. The van der Waals surface area contributed by atoms with Gasteiger partial charge in [0.2, 0.25) is 5.91 Å². The number of rotatable bonds is 8. The molecule has 0 aromatic heterocycles. The standard InChI is InChI=1S/C20H30N2O4/c1-25-18-4-2-3-17(13-18)15-22-16-20(14-19(22)24)5-7-21(8-6-20)9-11-26-12-10-23/h2-4,13,23H,5-12,14-16H2,1H3. The molecule has 0 aliphatic carbocycles. The summed E-state index contributed by atoms with van der Waals surface area (Å²) in [7, 11) is 1.66. The van der Waals surface area contributed by atoms with Gasteiger partial charge in [0, 0.05) is 26.1 Å². The van der Waals surface area contributed by atoms with E-state index in [1.54, 1.807) is 7.11 Å². The quantitative estimate of drug-likeness (QED) is 0.711. The number of hydrogen-bond donors (Lipinski definition) is 1. The van der Waals surface area contributed by atoms with E-state index in [1.165, 1.54) is 0 Å². The second-order valence-electron chi connectivity index (χ2n) is 7.46. The van der Waals surface area contributed by atoms with Crippen LogP contribution in [0.3, 0.4) is 0 Å². The van der Waals surface area contributed by atoms with Gasteiger partial charge in [-0.05, 0) is 49.0 Å². The third kappa shape index (κ3) is 4.75. The normalized spacial score (nSPS) is 20.1. The Hall–Kier alpha value is -1.63. The largest absolute Gasteiger partial charge is 0.497 e. The van der Waals surface area contributed by atoms with Crippen molar-refractivity contribution in [1.29, 1.82) is 0 Å². The fourth-order valence-corrected chi connectivity index (χ4v) is 4.06. The summed E-state index contributed by atoms with van der Waals surface area (Å²) in [6.45, 7) is 5.60. The molecule has 0 saturated carbocycles. The van der Waals surface area contributed by atoms with E-state index in [1.807, 2.05) is 23.1 Å². The van der Waals surface area contributed by atoms with Gasteiger partial charge in [0.1, 0.15) is 5.75 Å². The van der Waals surface area contributed by atoms with Crippen LogP contribution >= 0.6 is 0 Å². The van der Waals surface area contributed by atoms with Gasteiger partial charge in [0.25, 0.3) is 0 Å². The van der Waals surface area contributed by atoms with Crippen molar-refractivity contribution in [1.82, 2.24) is 9.80 Å². The van der Waals surface area contributed by atoms with Crippen molar-refractivity contribution in [2.75, 3.05) is 53.1 Å². The van der Waals surface area contributed by atoms with Crippen molar-refractivity contribution in [2.24, 2.45) is 5.41 Å². The van der Waals surface area contributed by atoms with Crippen LogP contribution in [0.15, 0.2) is 24.3 Å². The number of carbonyl (C=O) groups is 1. The second-order valence-corrected chi connectivity index (χ2v) is 7.46. The minimum atomic E-state index is 0.0777. The maximum Gasteiger partial charge on any atom is 0.223 e. The number of nitrogens with zero attached hydrogens (tertiary/aromatic N) is 2. The molecule has 2 saturated heterocycles. The van der Waals surface area contributed by atoms with Gasteiger partial charge in [0.15, 0.2) is 0 Å². The first-order valence-electron chi connectivity index (χ1n) is 9.46. The molecule has 1 spiro atoms. The van der Waals surface area contributed by atoms with E-state index in [9.17, 15) is 4.79 Å². The average Bonchev–Trinajstić information content (AvgIpc) is 2.95. The van der Waals surface area contributed by atoms with Gasteiger partial charge in [0.05, 0.1) is 26.9 Å². The third-order valence-corrected chi connectivity index (χ3v) is 5.62. The number of methoxy groups -OCH3 is 1. The summed E-state index contributed by atoms with van der Waals surface area (Å²) >= 11 is 0. The first-order valence-corrected chi connectivity index (χ1v) is 9.46. The second kappa shape index (κ2) is 8.84. The molecular weight excluding hydrogens is 332 g/mol. The van der Waals surface area contributed by atoms with Crippen molar-refractivity contribution in [3.63, 3.8) is 0 Å². The van der Waals surface area contributed by atoms with Crippen LogP contribution in [0.2, 0.25) is 0 Å². The summed E-state index contributed by atoms with van der Waals surface area (Å²) < 4.78 is 10.6. The Morgan fingerprint density at radius 3 is 2.77 bits per heavy atom. The molecule has 144 valence electrons. The first kappa shape index (κ1) is 19.1. The lowest BCUT2D eigenvalue weighted by Crippen LogP contribution is -2.42. The third-order valence-electron chi connectivity index (χ3n) is 5.62. The molecule has 2 fully saturated rings. The van der Waals surface area contributed by atoms with Crippen molar-refractivity contribution < 1.29 is 19.4 Å². The van der Waals surface area contributed by atoms with E-state index in [-0.39, 0.29) is 17.9 Å². The first-order chi connectivity index (χ1) is 12.6. The summed E-state index contributed by atoms with van der Waals surface area (Å²) in [4.78, 5) is 17.0. The van der Waals surface area contributed by atoms with Crippen molar-refractivity contribution in [2.45, 2.75) is 25.8 Å². The Labute approximate surface area is 155 Å². The highest BCUT2D eigenvalue weighted by atomic mass is 16.5. The van der Waals surface area contributed by atoms with E-state index in [0.29, 0.717) is 26.2 Å². The van der Waals surface area contributed by atoms with E-state index in [2.05, 4.69) is 11.0 Å². The molecule has 2 aliphatic heterocycles. The van der Waals surface area contributed by atoms with E-state index in [4.69, 9.17) is 14.6 Å². The number of carbonyl (C=O) groups excluding carboxylic acids is 1. The molecule has 0 unspecified atom stereocenters. The molecule has 0 bridgehead atoms. The van der Waals surface area contributed by atoms with Gasteiger partial charge in [-0.2, -0.15) is 0 Å². The van der Waals surface area contributed by atoms with E-state index >= 15 is 0 Å². The van der Waals surface area contributed by atoms with Crippen LogP contribution in [0.1, 0.15) is 24.8 Å². The molecule has 2 aliphatic rings. The predicted molar refractivity (Wildman–Crippen MR) is 99.0 cm³/mol. The number of benzene rings is 1. The lowest BCUT2D eigenvalue weighted by Gasteiger charge is -2.38. The SMILES string of the molecule is COc1cccc(CN2CC3(CCN(CCOCCO)CC3)CC2=O)c1. The fourth-order valence-electron chi connectivity index (χ4n) is 4.06. The van der Waals surface area contributed by atoms with E-state index in [0.717, 1.165) is 50.3 Å². The molecule has 1 aromatic carbocycles. The van der Waals surface area contributed by atoms with Gasteiger partial charge >= 0.3 is 0 Å². The molecule has 6 heteroatoms. The summed E-state index contributed by atoms with van der Waals surface area (Å²) in [6, 6.07) is 7.96. The summed E-state index contributed by atoms with van der Waals surface area (Å²) in [5.41, 5.74) is 1.26. The Morgan fingerprint density at radius 1 is 1.23 bits per heavy atom. The van der Waals surface area contributed by atoms with Crippen LogP contribution in [0.5, 0.6) is 5.75 Å². The van der Waals surface area contributed by atoms with Crippen LogP contribution < -0.4 is 4.74 Å². The van der Waals surface area contributed by atoms with Crippen molar-refractivity contribution in [3.05, 3.63) is 29.8 Å². The minimum absolute atomic E-state index is 0.0777. The van der Waals surface area contributed by atoms with Crippen LogP contribution in [0.25, 0.3) is 0 Å². The predicted octanol–water partition coefficient (Wildman–Crippen LogP) is 1.52. The molecule has 1 N–H and O–H groups in total. The topological polar surface area (TPSA) is 62.2 Å². The summed E-state index contributed by atoms with van der Waals surface area (Å²) in [5.74, 6) is 1.10. The number of likely N-dealkylation sites (tertiary alicyclic amines) is 2. The molecule has 2 heterocycles. The number of aliphatic hydroxyl groups is 1. The molecule has 6 nitrogen and oxygen atoms in total. The lowest BCUT2D eigenvalue weighted by atomic mass is 9.77. The van der Waals surface area contributed by atoms with E-state index < -0.39 is 0 Å². The highest BCUT2D eigenvalue weighted by Gasteiger charge is 2.44. The molecular formula is C20H30N2O4. The number of aliphatic hydroxyl groups excluding tert-OH is 1. The fraction of sp³-hybridized carbons (Fsp3) is 0.650. The van der Waals surface area contributed by atoms with Gasteiger partial charge in [-0.3, -0.25) is 4.79 Å². The molecule has 3 rings (SSSR count). The molecule has 26 heavy (non-hydrogen) atoms. The minimum Gasteiger partial charge on any atom is -0.497 e. The van der Waals surface area contributed by atoms with Crippen LogP contribution in [0.4, 0.5) is 0 Å². The summed E-state index contributed by atoms with van der Waals surface area (Å²) in [5, 5.41) is 8.75. The number of hydrogen-bond acceptors (Lipinski definition) is 5. The zero-order chi connectivity index (χ0) is 18.4. The number of amides is 1. The van der Waals surface area contributed by atoms with Crippen LogP contribution in [-0.4, -0.2) is 73.9 Å². The maximum atomic E-state index is 12.6. The Morgan fingerprint density at radius 2 is 2.04 bits per heavy atom. The van der Waals surface area contributed by atoms with Crippen LogP contribution in [0, 0.1) is 5.41 Å². The van der Waals surface area contributed by atoms with Gasteiger partial charge in [-0.1, -0.05) is 12.1 Å². The van der Waals surface area contributed by atoms with Gasteiger partial charge < -0.3 is 24.4 Å². The Kier molecular flexibility index (Phi) is 6.51. The van der Waals surface area contributed by atoms with Gasteiger partial charge in [-0.25, -0.2) is 0 Å². The van der Waals surface area contributed by atoms with Crippen molar-refractivity contribution >= 4 is 5.91 Å². The monoisotopic (exact) mass is 362 g/mol. The smallest absolute Gasteiger partial charge is 0.223 e. The van der Waals surface area contributed by atoms with Crippen molar-refractivity contribution in [3.8, 4) is 5.75 Å². The highest BCUT2D eigenvalue weighted by Crippen LogP contribution is 2.41. The number of piperidine rings is 1. The Bertz CT molecular complexity index is 599. The Balaban J connectivity index is 1.50. The van der Waals surface area contributed by atoms with Crippen LogP contribution in [-0.2, 0) is 16.1 Å². The zero-order valence-corrected chi connectivity index (χ0v) is 15.7. The van der Waals surface area contributed by atoms with Gasteiger partial charge in [-0.15, -0.1) is 0 Å². The summed E-state index contributed by atoms with van der Waals surface area (Å²) in [6.07, 6.45) is 2.80. The highest BCUT2D eigenvalue weighted by molar-refractivity contribution is 5.79. The number of ether oxygens (including phenoxy) is 2. The average molecular weight is 362 g/mol.